The van der Waals surface area contributed by atoms with Crippen LogP contribution in [-0.2, 0) is 10.0 Å². The minimum absolute atomic E-state index is 0.116. The number of rotatable bonds is 4. The maximum Gasteiger partial charge on any atom is 0.243 e. The molecule has 0 bridgehead atoms. The largest absolute Gasteiger partial charge is 0.399 e. The van der Waals surface area contributed by atoms with Crippen molar-refractivity contribution < 1.29 is 12.8 Å². The SMILES string of the molecule is CCC1CCCCC1NS(=O)(=O)c1cc(N)cc(C)c1F. The number of sulfonamides is 1. The highest BCUT2D eigenvalue weighted by Crippen LogP contribution is 2.29. The Morgan fingerprint density at radius 3 is 2.67 bits per heavy atom. The van der Waals surface area contributed by atoms with E-state index in [1.807, 2.05) is 0 Å². The Hall–Kier alpha value is -1.14. The van der Waals surface area contributed by atoms with Crippen molar-refractivity contribution in [3.05, 3.63) is 23.5 Å². The average Bonchev–Trinajstić information content (AvgIpc) is 2.43. The van der Waals surface area contributed by atoms with Crippen LogP contribution in [0.25, 0.3) is 0 Å². The van der Waals surface area contributed by atoms with Crippen molar-refractivity contribution in [2.45, 2.75) is 56.9 Å². The smallest absolute Gasteiger partial charge is 0.243 e. The molecule has 1 aromatic carbocycles. The highest BCUT2D eigenvalue weighted by molar-refractivity contribution is 7.89. The predicted octanol–water partition coefficient (Wildman–Crippen LogP) is 2.96. The second kappa shape index (κ2) is 6.32. The van der Waals surface area contributed by atoms with Gasteiger partial charge in [-0.15, -0.1) is 0 Å². The summed E-state index contributed by atoms with van der Waals surface area (Å²) in [4.78, 5) is -0.347. The number of nitrogens with two attached hydrogens (primary N) is 1. The van der Waals surface area contributed by atoms with Crippen molar-refractivity contribution in [3.63, 3.8) is 0 Å². The number of aryl methyl sites for hydroxylation is 1. The number of anilines is 1. The number of benzene rings is 1. The molecule has 1 fully saturated rings. The molecule has 1 aromatic rings. The van der Waals surface area contributed by atoms with E-state index in [1.165, 1.54) is 19.1 Å². The van der Waals surface area contributed by atoms with Gasteiger partial charge in [-0.2, -0.15) is 0 Å². The van der Waals surface area contributed by atoms with Gasteiger partial charge in [-0.25, -0.2) is 17.5 Å². The first-order valence-corrected chi connectivity index (χ1v) is 8.91. The van der Waals surface area contributed by atoms with Crippen molar-refractivity contribution in [1.82, 2.24) is 4.72 Å². The highest BCUT2D eigenvalue weighted by atomic mass is 32.2. The van der Waals surface area contributed by atoms with Gasteiger partial charge in [0.1, 0.15) is 10.7 Å². The molecular weight excluding hydrogens is 291 g/mol. The van der Waals surface area contributed by atoms with Gasteiger partial charge in [0.05, 0.1) is 0 Å². The molecule has 0 radical (unpaired) electrons. The summed E-state index contributed by atoms with van der Waals surface area (Å²) in [7, 11) is -3.88. The van der Waals surface area contributed by atoms with Crippen molar-refractivity contribution in [2.24, 2.45) is 5.92 Å². The molecule has 1 aliphatic rings. The molecule has 0 aromatic heterocycles. The lowest BCUT2D eigenvalue weighted by molar-refractivity contribution is 0.282. The summed E-state index contributed by atoms with van der Waals surface area (Å²) in [5, 5.41) is 0. The zero-order valence-electron chi connectivity index (χ0n) is 12.5. The molecule has 118 valence electrons. The maximum absolute atomic E-state index is 14.1. The van der Waals surface area contributed by atoms with Gasteiger partial charge in [-0.3, -0.25) is 0 Å². The Morgan fingerprint density at radius 1 is 1.33 bits per heavy atom. The van der Waals surface area contributed by atoms with Gasteiger partial charge in [0, 0.05) is 11.7 Å². The molecule has 3 N–H and O–H groups in total. The fraction of sp³-hybridized carbons (Fsp3) is 0.600. The summed E-state index contributed by atoms with van der Waals surface area (Å²) in [6.45, 7) is 3.57. The topological polar surface area (TPSA) is 72.2 Å². The Labute approximate surface area is 126 Å². The van der Waals surface area contributed by atoms with Crippen LogP contribution in [0.2, 0.25) is 0 Å². The lowest BCUT2D eigenvalue weighted by Crippen LogP contribution is -2.42. The van der Waals surface area contributed by atoms with Crippen molar-refractivity contribution >= 4 is 15.7 Å². The molecular formula is C15H23FN2O2S. The molecule has 1 saturated carbocycles. The first-order chi connectivity index (χ1) is 9.85. The predicted molar refractivity (Wildman–Crippen MR) is 81.9 cm³/mol. The number of hydrogen-bond acceptors (Lipinski definition) is 3. The molecule has 4 nitrogen and oxygen atoms in total. The first-order valence-electron chi connectivity index (χ1n) is 7.43. The van der Waals surface area contributed by atoms with E-state index in [-0.39, 0.29) is 22.2 Å². The molecule has 2 atom stereocenters. The van der Waals surface area contributed by atoms with Gasteiger partial charge >= 0.3 is 0 Å². The number of nitrogens with one attached hydrogen (secondary N) is 1. The third kappa shape index (κ3) is 3.55. The summed E-state index contributed by atoms with van der Waals surface area (Å²) < 4.78 is 41.8. The molecule has 6 heteroatoms. The summed E-state index contributed by atoms with van der Waals surface area (Å²) in [6.07, 6.45) is 4.87. The first kappa shape index (κ1) is 16.2. The zero-order valence-corrected chi connectivity index (χ0v) is 13.3. The molecule has 0 heterocycles. The number of halogens is 1. The molecule has 2 rings (SSSR count). The Kier molecular flexibility index (Phi) is 4.88. The van der Waals surface area contributed by atoms with E-state index in [2.05, 4.69) is 11.6 Å². The van der Waals surface area contributed by atoms with E-state index < -0.39 is 15.8 Å². The van der Waals surface area contributed by atoms with Crippen LogP contribution in [0.3, 0.4) is 0 Å². The van der Waals surface area contributed by atoms with E-state index in [1.54, 1.807) is 0 Å². The molecule has 0 saturated heterocycles. The van der Waals surface area contributed by atoms with Gasteiger partial charge in [0.15, 0.2) is 0 Å². The molecule has 0 amide bonds. The Morgan fingerprint density at radius 2 is 2.00 bits per heavy atom. The number of hydrogen-bond donors (Lipinski definition) is 2. The standard InChI is InChI=1S/C15H23FN2O2S/c1-3-11-6-4-5-7-13(11)18-21(19,20)14-9-12(17)8-10(2)15(14)16/h8-9,11,13,18H,3-7,17H2,1-2H3. The lowest BCUT2D eigenvalue weighted by atomic mass is 9.83. The molecule has 21 heavy (non-hydrogen) atoms. The van der Waals surface area contributed by atoms with Crippen LogP contribution in [0.4, 0.5) is 10.1 Å². The van der Waals surface area contributed by atoms with Crippen LogP contribution >= 0.6 is 0 Å². The summed E-state index contributed by atoms with van der Waals surface area (Å²) >= 11 is 0. The maximum atomic E-state index is 14.1. The van der Waals surface area contributed by atoms with Crippen LogP contribution in [0, 0.1) is 18.7 Å². The molecule has 0 aliphatic heterocycles. The van der Waals surface area contributed by atoms with Crippen molar-refractivity contribution in [3.8, 4) is 0 Å². The monoisotopic (exact) mass is 314 g/mol. The van der Waals surface area contributed by atoms with E-state index in [0.29, 0.717) is 5.92 Å². The second-order valence-corrected chi connectivity index (χ2v) is 7.51. The van der Waals surface area contributed by atoms with Crippen LogP contribution < -0.4 is 10.5 Å². The Bertz CT molecular complexity index is 616. The summed E-state index contributed by atoms with van der Waals surface area (Å²) in [6, 6.07) is 2.51. The third-order valence-electron chi connectivity index (χ3n) is 4.27. The van der Waals surface area contributed by atoms with Gasteiger partial charge < -0.3 is 5.73 Å². The van der Waals surface area contributed by atoms with Crippen LogP contribution in [0.1, 0.15) is 44.6 Å². The lowest BCUT2D eigenvalue weighted by Gasteiger charge is -2.31. The number of nitrogen functional groups attached to an aromatic ring is 1. The third-order valence-corrected chi connectivity index (χ3v) is 5.76. The van der Waals surface area contributed by atoms with E-state index >= 15 is 0 Å². The normalized spacial score (nSPS) is 23.2. The fourth-order valence-electron chi connectivity index (χ4n) is 3.07. The molecule has 1 aliphatic carbocycles. The average molecular weight is 314 g/mol. The summed E-state index contributed by atoms with van der Waals surface area (Å²) in [5.41, 5.74) is 6.15. The van der Waals surface area contributed by atoms with Crippen LogP contribution in [0.15, 0.2) is 17.0 Å². The van der Waals surface area contributed by atoms with Gasteiger partial charge in [-0.05, 0) is 43.4 Å². The highest BCUT2D eigenvalue weighted by Gasteiger charge is 2.30. The van der Waals surface area contributed by atoms with Crippen LogP contribution in [-0.4, -0.2) is 14.5 Å². The molecule has 0 spiro atoms. The summed E-state index contributed by atoms with van der Waals surface area (Å²) in [5.74, 6) is -0.403. The Balaban J connectivity index is 2.30. The van der Waals surface area contributed by atoms with E-state index in [4.69, 9.17) is 5.73 Å². The second-order valence-electron chi connectivity index (χ2n) is 5.83. The van der Waals surface area contributed by atoms with E-state index in [0.717, 1.165) is 32.1 Å². The molecule has 2 unspecified atom stereocenters. The van der Waals surface area contributed by atoms with E-state index in [9.17, 15) is 12.8 Å². The quantitative estimate of drug-likeness (QED) is 0.839. The van der Waals surface area contributed by atoms with Gasteiger partial charge in [0.25, 0.3) is 0 Å². The van der Waals surface area contributed by atoms with Gasteiger partial charge in [0.2, 0.25) is 10.0 Å². The fourth-order valence-corrected chi connectivity index (χ4v) is 4.60. The van der Waals surface area contributed by atoms with Gasteiger partial charge in [-0.1, -0.05) is 26.2 Å². The van der Waals surface area contributed by atoms with Crippen molar-refractivity contribution in [2.75, 3.05) is 5.73 Å². The van der Waals surface area contributed by atoms with Crippen molar-refractivity contribution in [1.29, 1.82) is 0 Å². The minimum Gasteiger partial charge on any atom is -0.399 e. The minimum atomic E-state index is -3.88. The zero-order chi connectivity index (χ0) is 15.6. The van der Waals surface area contributed by atoms with Crippen LogP contribution in [0.5, 0.6) is 0 Å².